The molecule has 1 aromatic carbocycles. The van der Waals surface area contributed by atoms with E-state index < -0.39 is 0 Å². The van der Waals surface area contributed by atoms with Gasteiger partial charge in [-0.1, -0.05) is 36.7 Å². The van der Waals surface area contributed by atoms with Crippen molar-refractivity contribution in [3.05, 3.63) is 27.7 Å². The molecule has 1 nitrogen and oxygen atoms in total. The van der Waals surface area contributed by atoms with Gasteiger partial charge in [0.2, 0.25) is 0 Å². The normalized spacial score (nSPS) is 16.8. The summed E-state index contributed by atoms with van der Waals surface area (Å²) in [5, 5.41) is -0.0307. The molecule has 1 unspecified atom stereocenters. The highest BCUT2D eigenvalue weighted by Crippen LogP contribution is 2.46. The summed E-state index contributed by atoms with van der Waals surface area (Å²) >= 11 is 10.1. The van der Waals surface area contributed by atoms with Gasteiger partial charge in [-0.25, -0.2) is 0 Å². The van der Waals surface area contributed by atoms with E-state index in [0.29, 0.717) is 0 Å². The van der Waals surface area contributed by atoms with Crippen molar-refractivity contribution in [3.63, 3.8) is 0 Å². The van der Waals surface area contributed by atoms with Crippen LogP contribution >= 0.6 is 27.5 Å². The van der Waals surface area contributed by atoms with Gasteiger partial charge in [-0.2, -0.15) is 0 Å². The molecule has 0 aromatic heterocycles. The van der Waals surface area contributed by atoms with E-state index in [2.05, 4.69) is 48.8 Å². The van der Waals surface area contributed by atoms with Crippen molar-refractivity contribution >= 4 is 27.5 Å². The maximum Gasteiger partial charge on any atom is 0.127 e. The second-order valence-corrected chi connectivity index (χ2v) is 6.66. The van der Waals surface area contributed by atoms with Crippen molar-refractivity contribution in [2.45, 2.75) is 32.6 Å². The molecule has 16 heavy (non-hydrogen) atoms. The van der Waals surface area contributed by atoms with E-state index in [1.54, 1.807) is 0 Å². The van der Waals surface area contributed by atoms with Crippen LogP contribution in [-0.2, 0) is 6.42 Å². The van der Waals surface area contributed by atoms with Gasteiger partial charge in [0.1, 0.15) is 5.75 Å². The Morgan fingerprint density at radius 2 is 2.06 bits per heavy atom. The van der Waals surface area contributed by atoms with Crippen LogP contribution in [0, 0.1) is 5.41 Å². The Kier molecular flexibility index (Phi) is 3.24. The number of fused-ring (bicyclic) bond motifs is 1. The Morgan fingerprint density at radius 1 is 1.38 bits per heavy atom. The van der Waals surface area contributed by atoms with E-state index in [0.717, 1.165) is 28.8 Å². The largest absolute Gasteiger partial charge is 0.493 e. The minimum absolute atomic E-state index is 0.0298. The molecule has 0 saturated carbocycles. The standard InChI is InChI=1S/C13H16BrClO/c1-13(2,3)12(15)10-7-9(14)6-8-4-5-16-11(8)10/h6-7,12H,4-5H2,1-3H3. The Hall–Kier alpha value is -0.210. The van der Waals surface area contributed by atoms with Crippen molar-refractivity contribution in [1.82, 2.24) is 0 Å². The number of benzene rings is 1. The van der Waals surface area contributed by atoms with Gasteiger partial charge in [0.05, 0.1) is 12.0 Å². The smallest absolute Gasteiger partial charge is 0.127 e. The zero-order valence-corrected chi connectivity index (χ0v) is 12.2. The van der Waals surface area contributed by atoms with E-state index in [1.165, 1.54) is 5.56 Å². The van der Waals surface area contributed by atoms with Gasteiger partial charge in [0, 0.05) is 16.5 Å². The predicted octanol–water partition coefficient (Wildman–Crippen LogP) is 4.71. The number of alkyl halides is 1. The van der Waals surface area contributed by atoms with Gasteiger partial charge in [0.15, 0.2) is 0 Å². The summed E-state index contributed by atoms with van der Waals surface area (Å²) in [6.07, 6.45) is 0.982. The summed E-state index contributed by atoms with van der Waals surface area (Å²) in [5.41, 5.74) is 2.40. The first-order valence-electron chi connectivity index (χ1n) is 5.49. The number of hydrogen-bond acceptors (Lipinski definition) is 1. The highest BCUT2D eigenvalue weighted by molar-refractivity contribution is 9.10. The van der Waals surface area contributed by atoms with E-state index in [9.17, 15) is 0 Å². The van der Waals surface area contributed by atoms with Crippen molar-refractivity contribution in [3.8, 4) is 5.75 Å². The first-order valence-corrected chi connectivity index (χ1v) is 6.72. The number of rotatable bonds is 1. The summed E-state index contributed by atoms with van der Waals surface area (Å²) in [4.78, 5) is 0. The zero-order chi connectivity index (χ0) is 11.9. The van der Waals surface area contributed by atoms with E-state index in [-0.39, 0.29) is 10.8 Å². The number of hydrogen-bond donors (Lipinski definition) is 0. The minimum Gasteiger partial charge on any atom is -0.493 e. The third kappa shape index (κ3) is 2.23. The Balaban J connectivity index is 2.49. The third-order valence-corrected chi connectivity index (χ3v) is 4.16. The fourth-order valence-electron chi connectivity index (χ4n) is 1.95. The van der Waals surface area contributed by atoms with Crippen molar-refractivity contribution in [2.24, 2.45) is 5.41 Å². The first-order chi connectivity index (χ1) is 7.39. The second-order valence-electron chi connectivity index (χ2n) is 5.31. The van der Waals surface area contributed by atoms with Crippen LogP contribution in [0.3, 0.4) is 0 Å². The Bertz CT molecular complexity index is 409. The highest BCUT2D eigenvalue weighted by Gasteiger charge is 2.29. The Labute approximate surface area is 110 Å². The number of ether oxygens (including phenoxy) is 1. The SMILES string of the molecule is CC(C)(C)C(Cl)c1cc(Br)cc2c1OCC2. The lowest BCUT2D eigenvalue weighted by Gasteiger charge is -2.27. The average Bonchev–Trinajstić information content (AvgIpc) is 2.61. The Morgan fingerprint density at radius 3 is 2.69 bits per heavy atom. The lowest BCUT2D eigenvalue weighted by Crippen LogP contribution is -2.14. The third-order valence-electron chi connectivity index (χ3n) is 2.81. The van der Waals surface area contributed by atoms with Gasteiger partial charge < -0.3 is 4.74 Å². The molecular formula is C13H16BrClO. The molecule has 88 valence electrons. The molecule has 1 aliphatic rings. The van der Waals surface area contributed by atoms with Crippen LogP contribution in [0.4, 0.5) is 0 Å². The summed E-state index contributed by atoms with van der Waals surface area (Å²) in [5.74, 6) is 0.998. The monoisotopic (exact) mass is 302 g/mol. The lowest BCUT2D eigenvalue weighted by molar-refractivity contribution is 0.339. The quantitative estimate of drug-likeness (QED) is 0.683. The fraction of sp³-hybridized carbons (Fsp3) is 0.538. The first kappa shape index (κ1) is 12.3. The fourth-order valence-corrected chi connectivity index (χ4v) is 2.64. The van der Waals surface area contributed by atoms with Gasteiger partial charge in [0.25, 0.3) is 0 Å². The molecule has 0 saturated heterocycles. The van der Waals surface area contributed by atoms with E-state index in [4.69, 9.17) is 16.3 Å². The van der Waals surface area contributed by atoms with E-state index >= 15 is 0 Å². The summed E-state index contributed by atoms with van der Waals surface area (Å²) in [6, 6.07) is 4.20. The summed E-state index contributed by atoms with van der Waals surface area (Å²) < 4.78 is 6.78. The summed E-state index contributed by atoms with van der Waals surface area (Å²) in [7, 11) is 0. The molecular weight excluding hydrogens is 287 g/mol. The molecule has 1 atom stereocenters. The maximum atomic E-state index is 6.54. The van der Waals surface area contributed by atoms with Gasteiger partial charge in [-0.3, -0.25) is 0 Å². The van der Waals surface area contributed by atoms with Crippen molar-refractivity contribution < 1.29 is 4.74 Å². The number of halogens is 2. The van der Waals surface area contributed by atoms with Crippen LogP contribution in [0.1, 0.15) is 37.3 Å². The highest BCUT2D eigenvalue weighted by atomic mass is 79.9. The molecule has 0 radical (unpaired) electrons. The van der Waals surface area contributed by atoms with Crippen LogP contribution in [0.15, 0.2) is 16.6 Å². The molecule has 1 heterocycles. The van der Waals surface area contributed by atoms with Crippen LogP contribution in [-0.4, -0.2) is 6.61 Å². The lowest BCUT2D eigenvalue weighted by atomic mass is 9.86. The molecule has 0 N–H and O–H groups in total. The molecule has 0 amide bonds. The molecule has 1 aliphatic heterocycles. The van der Waals surface area contributed by atoms with Crippen LogP contribution in [0.5, 0.6) is 5.75 Å². The van der Waals surface area contributed by atoms with Crippen molar-refractivity contribution in [1.29, 1.82) is 0 Å². The minimum atomic E-state index is -0.0307. The topological polar surface area (TPSA) is 9.23 Å². The molecule has 2 rings (SSSR count). The molecule has 1 aromatic rings. The molecule has 3 heteroatoms. The molecule has 0 aliphatic carbocycles. The van der Waals surface area contributed by atoms with Gasteiger partial charge >= 0.3 is 0 Å². The van der Waals surface area contributed by atoms with Gasteiger partial charge in [-0.05, 0) is 23.1 Å². The summed E-state index contributed by atoms with van der Waals surface area (Å²) in [6.45, 7) is 7.21. The van der Waals surface area contributed by atoms with Crippen LogP contribution in [0.25, 0.3) is 0 Å². The van der Waals surface area contributed by atoms with Crippen LogP contribution < -0.4 is 4.74 Å². The predicted molar refractivity (Wildman–Crippen MR) is 71.4 cm³/mol. The molecule has 0 spiro atoms. The maximum absolute atomic E-state index is 6.54. The zero-order valence-electron chi connectivity index (χ0n) is 9.81. The second kappa shape index (κ2) is 4.23. The van der Waals surface area contributed by atoms with E-state index in [1.807, 2.05) is 0 Å². The average molecular weight is 304 g/mol. The molecule has 0 fully saturated rings. The van der Waals surface area contributed by atoms with Crippen molar-refractivity contribution in [2.75, 3.05) is 6.61 Å². The van der Waals surface area contributed by atoms with Crippen LogP contribution in [0.2, 0.25) is 0 Å². The van der Waals surface area contributed by atoms with Gasteiger partial charge in [-0.15, -0.1) is 11.6 Å². The molecule has 0 bridgehead atoms.